The molecule has 2 N–H and O–H groups in total. The summed E-state index contributed by atoms with van der Waals surface area (Å²) < 4.78 is 0. The van der Waals surface area contributed by atoms with Crippen molar-refractivity contribution in [1.29, 1.82) is 0 Å². The van der Waals surface area contributed by atoms with E-state index >= 15 is 0 Å². The molecule has 0 aliphatic rings. The van der Waals surface area contributed by atoms with Crippen molar-refractivity contribution in [2.75, 3.05) is 0 Å². The number of nitrogens with zero attached hydrogens (tertiary/aromatic N) is 2. The van der Waals surface area contributed by atoms with Crippen molar-refractivity contribution in [3.63, 3.8) is 0 Å². The highest BCUT2D eigenvalue weighted by atomic mass is 16.1. The SMILES string of the molecule is O=C(C#Cc1ccn[nH]1)C#Cc1ccn[nH]1. The third kappa shape index (κ3) is 2.60. The van der Waals surface area contributed by atoms with E-state index in [-0.39, 0.29) is 0 Å². The summed E-state index contributed by atoms with van der Waals surface area (Å²) >= 11 is 0. The number of rotatable bonds is 0. The Labute approximate surface area is 91.3 Å². The number of nitrogens with one attached hydrogen (secondary N) is 2. The van der Waals surface area contributed by atoms with Crippen LogP contribution in [0.15, 0.2) is 24.5 Å². The van der Waals surface area contributed by atoms with Crippen LogP contribution in [0.1, 0.15) is 11.4 Å². The normalized spacial score (nSPS) is 8.50. The minimum atomic E-state index is -0.454. The number of carbonyl (C=O) groups excluding carboxylic acids is 1. The zero-order chi connectivity index (χ0) is 11.2. The summed E-state index contributed by atoms with van der Waals surface area (Å²) in [6, 6.07) is 3.34. The molecule has 0 saturated heterocycles. The van der Waals surface area contributed by atoms with Crippen LogP contribution in [0.5, 0.6) is 0 Å². The van der Waals surface area contributed by atoms with E-state index in [1.807, 2.05) is 0 Å². The standard InChI is InChI=1S/C11H6N4O/c16-11(3-1-9-5-7-12-14-9)4-2-10-6-8-13-15-10/h5-8H,(H,12,14)(H,13,15). The molecule has 0 bridgehead atoms. The van der Waals surface area contributed by atoms with Gasteiger partial charge in [-0.25, -0.2) is 0 Å². The van der Waals surface area contributed by atoms with Gasteiger partial charge in [0.15, 0.2) is 0 Å². The molecule has 2 aromatic rings. The van der Waals surface area contributed by atoms with E-state index in [2.05, 4.69) is 44.1 Å². The van der Waals surface area contributed by atoms with Gasteiger partial charge in [-0.3, -0.25) is 15.0 Å². The summed E-state index contributed by atoms with van der Waals surface area (Å²) in [4.78, 5) is 11.2. The highest BCUT2D eigenvalue weighted by molar-refractivity contribution is 6.09. The van der Waals surface area contributed by atoms with Crippen LogP contribution in [0.3, 0.4) is 0 Å². The smallest absolute Gasteiger partial charge is 0.270 e. The van der Waals surface area contributed by atoms with Gasteiger partial charge in [0.2, 0.25) is 0 Å². The molecule has 0 aliphatic carbocycles. The zero-order valence-electron chi connectivity index (χ0n) is 8.11. The zero-order valence-corrected chi connectivity index (χ0v) is 8.11. The van der Waals surface area contributed by atoms with E-state index in [1.165, 1.54) is 0 Å². The van der Waals surface area contributed by atoms with Crippen LogP contribution in [-0.2, 0) is 4.79 Å². The van der Waals surface area contributed by atoms with E-state index in [1.54, 1.807) is 24.5 Å². The average molecular weight is 210 g/mol. The molecule has 0 aliphatic heterocycles. The monoisotopic (exact) mass is 210 g/mol. The lowest BCUT2D eigenvalue weighted by Gasteiger charge is -1.76. The van der Waals surface area contributed by atoms with Crippen molar-refractivity contribution in [3.8, 4) is 23.7 Å². The van der Waals surface area contributed by atoms with E-state index < -0.39 is 5.78 Å². The third-order valence-corrected chi connectivity index (χ3v) is 1.62. The van der Waals surface area contributed by atoms with E-state index in [0.717, 1.165) is 0 Å². The topological polar surface area (TPSA) is 74.4 Å². The van der Waals surface area contributed by atoms with Crippen molar-refractivity contribution in [2.45, 2.75) is 0 Å². The number of aromatic amines is 2. The highest BCUT2D eigenvalue weighted by Crippen LogP contribution is 1.87. The molecule has 0 fully saturated rings. The van der Waals surface area contributed by atoms with Crippen molar-refractivity contribution in [3.05, 3.63) is 35.9 Å². The number of ketones is 1. The van der Waals surface area contributed by atoms with Gasteiger partial charge in [-0.1, -0.05) is 0 Å². The number of hydrogen-bond acceptors (Lipinski definition) is 3. The Morgan fingerprint density at radius 2 is 1.50 bits per heavy atom. The first-order valence-corrected chi connectivity index (χ1v) is 4.41. The predicted molar refractivity (Wildman–Crippen MR) is 55.9 cm³/mol. The average Bonchev–Trinajstić information content (AvgIpc) is 2.96. The molecule has 0 saturated carbocycles. The van der Waals surface area contributed by atoms with Gasteiger partial charge in [-0.05, 0) is 35.8 Å². The minimum absolute atomic E-state index is 0.454. The van der Waals surface area contributed by atoms with Gasteiger partial charge in [0.25, 0.3) is 5.78 Å². The van der Waals surface area contributed by atoms with Gasteiger partial charge >= 0.3 is 0 Å². The molecular weight excluding hydrogens is 204 g/mol. The molecule has 0 spiro atoms. The highest BCUT2D eigenvalue weighted by Gasteiger charge is 1.90. The van der Waals surface area contributed by atoms with Gasteiger partial charge in [-0.15, -0.1) is 0 Å². The fourth-order valence-electron chi connectivity index (χ4n) is 0.930. The van der Waals surface area contributed by atoms with Crippen LogP contribution in [0, 0.1) is 23.7 Å². The first-order valence-electron chi connectivity index (χ1n) is 4.41. The maximum Gasteiger partial charge on any atom is 0.279 e. The van der Waals surface area contributed by atoms with Crippen LogP contribution >= 0.6 is 0 Å². The summed E-state index contributed by atoms with van der Waals surface area (Å²) in [6.45, 7) is 0. The van der Waals surface area contributed by atoms with Gasteiger partial charge < -0.3 is 0 Å². The molecule has 76 valence electrons. The predicted octanol–water partition coefficient (Wildman–Crippen LogP) is 0.105. The Morgan fingerprint density at radius 3 is 1.88 bits per heavy atom. The fraction of sp³-hybridized carbons (Fsp3) is 0. The molecule has 0 amide bonds. The number of Topliss-reactive ketones (excluding diaryl/α,β-unsaturated/α-hetero) is 1. The first kappa shape index (κ1) is 9.75. The second kappa shape index (κ2) is 4.63. The van der Waals surface area contributed by atoms with E-state index in [4.69, 9.17) is 0 Å². The first-order chi connectivity index (χ1) is 7.84. The fourth-order valence-corrected chi connectivity index (χ4v) is 0.930. The molecule has 2 aromatic heterocycles. The summed E-state index contributed by atoms with van der Waals surface area (Å²) in [7, 11) is 0. The Bertz CT molecular complexity index is 534. The largest absolute Gasteiger partial charge is 0.279 e. The third-order valence-electron chi connectivity index (χ3n) is 1.62. The van der Waals surface area contributed by atoms with E-state index in [9.17, 15) is 4.79 Å². The lowest BCUT2D eigenvalue weighted by Crippen LogP contribution is -1.87. The van der Waals surface area contributed by atoms with Crippen molar-refractivity contribution < 1.29 is 4.79 Å². The molecular formula is C11H6N4O. The number of hydrogen-bond donors (Lipinski definition) is 2. The Kier molecular flexibility index (Phi) is 2.82. The quantitative estimate of drug-likeness (QED) is 0.606. The van der Waals surface area contributed by atoms with Crippen molar-refractivity contribution in [1.82, 2.24) is 20.4 Å². The van der Waals surface area contributed by atoms with Crippen molar-refractivity contribution in [2.24, 2.45) is 0 Å². The minimum Gasteiger partial charge on any atom is -0.270 e. The molecule has 5 heteroatoms. The molecule has 0 unspecified atom stereocenters. The molecule has 2 rings (SSSR count). The van der Waals surface area contributed by atoms with E-state index in [0.29, 0.717) is 11.4 Å². The van der Waals surface area contributed by atoms with Gasteiger partial charge in [0, 0.05) is 12.4 Å². The number of aromatic nitrogens is 4. The molecule has 0 atom stereocenters. The van der Waals surface area contributed by atoms with Crippen LogP contribution in [0.25, 0.3) is 0 Å². The number of carbonyl (C=O) groups is 1. The Balaban J connectivity index is 2.05. The molecule has 16 heavy (non-hydrogen) atoms. The van der Waals surface area contributed by atoms with Gasteiger partial charge in [0.1, 0.15) is 11.4 Å². The lowest BCUT2D eigenvalue weighted by atomic mass is 10.3. The summed E-state index contributed by atoms with van der Waals surface area (Å²) in [5.41, 5.74) is 1.16. The van der Waals surface area contributed by atoms with Gasteiger partial charge in [0.05, 0.1) is 0 Å². The lowest BCUT2D eigenvalue weighted by molar-refractivity contribution is -0.108. The molecule has 5 nitrogen and oxygen atoms in total. The van der Waals surface area contributed by atoms with Crippen LogP contribution < -0.4 is 0 Å². The second-order valence-corrected chi connectivity index (χ2v) is 2.77. The van der Waals surface area contributed by atoms with Crippen LogP contribution in [0.2, 0.25) is 0 Å². The van der Waals surface area contributed by atoms with Crippen LogP contribution in [-0.4, -0.2) is 26.2 Å². The summed E-state index contributed by atoms with van der Waals surface area (Å²) in [6.07, 6.45) is 3.12. The molecule has 2 heterocycles. The number of H-pyrrole nitrogens is 2. The van der Waals surface area contributed by atoms with Crippen LogP contribution in [0.4, 0.5) is 0 Å². The van der Waals surface area contributed by atoms with Crippen molar-refractivity contribution >= 4 is 5.78 Å². The Morgan fingerprint density at radius 1 is 1.00 bits per heavy atom. The molecule has 0 radical (unpaired) electrons. The Hall–Kier alpha value is -2.79. The van der Waals surface area contributed by atoms with Gasteiger partial charge in [-0.2, -0.15) is 10.2 Å². The summed E-state index contributed by atoms with van der Waals surface area (Å²) in [5.74, 6) is 9.52. The maximum absolute atomic E-state index is 11.2. The summed E-state index contributed by atoms with van der Waals surface area (Å²) in [5, 5.41) is 12.6. The molecule has 0 aromatic carbocycles. The second-order valence-electron chi connectivity index (χ2n) is 2.77. The maximum atomic E-state index is 11.2.